The Bertz CT molecular complexity index is 2390. The number of esters is 2. The Balaban J connectivity index is 1.42. The summed E-state index contributed by atoms with van der Waals surface area (Å²) in [6.07, 6.45) is 7.62. The van der Waals surface area contributed by atoms with Crippen LogP contribution in [0.3, 0.4) is 0 Å². The van der Waals surface area contributed by atoms with E-state index >= 15 is 26.3 Å². The summed E-state index contributed by atoms with van der Waals surface area (Å²) in [5, 5.41) is 2.90. The zero-order valence-corrected chi connectivity index (χ0v) is 43.5. The lowest BCUT2D eigenvalue weighted by Crippen LogP contribution is -2.48. The van der Waals surface area contributed by atoms with Gasteiger partial charge in [-0.2, -0.15) is 26.3 Å². The summed E-state index contributed by atoms with van der Waals surface area (Å²) in [5.41, 5.74) is -3.56. The minimum atomic E-state index is -5.83. The molecule has 1 aliphatic rings. The predicted molar refractivity (Wildman–Crippen MR) is 269 cm³/mol. The second-order valence-corrected chi connectivity index (χ2v) is 19.6. The number of nitrogens with one attached hydrogen (secondary N) is 1. The minimum absolute atomic E-state index is 0.00463. The van der Waals surface area contributed by atoms with Crippen LogP contribution in [0.15, 0.2) is 54.6 Å². The maximum absolute atomic E-state index is 16.3. The molecule has 0 saturated heterocycles. The first-order valence-electron chi connectivity index (χ1n) is 24.3. The predicted octanol–water partition coefficient (Wildman–Crippen LogP) is 11.7. The van der Waals surface area contributed by atoms with Crippen LogP contribution in [0.4, 0.5) is 26.3 Å². The molecule has 2 aromatic heterocycles. The van der Waals surface area contributed by atoms with Crippen LogP contribution in [-0.2, 0) is 37.9 Å². The molecule has 0 bridgehead atoms. The monoisotopic (exact) mass is 1070 g/mol. The number of benzene rings is 2. The topological polar surface area (TPSA) is 137 Å². The zero-order chi connectivity index (χ0) is 53.0. The van der Waals surface area contributed by atoms with E-state index in [0.717, 1.165) is 60.8 Å². The fourth-order valence-electron chi connectivity index (χ4n) is 7.84. The maximum atomic E-state index is 16.3. The van der Waals surface area contributed by atoms with E-state index in [1.807, 2.05) is 0 Å². The van der Waals surface area contributed by atoms with E-state index in [-0.39, 0.29) is 90.1 Å². The molecule has 0 unspecified atom stereocenters. The van der Waals surface area contributed by atoms with Crippen molar-refractivity contribution >= 4 is 51.7 Å². The van der Waals surface area contributed by atoms with Crippen molar-refractivity contribution in [2.45, 2.75) is 83.5 Å². The van der Waals surface area contributed by atoms with Gasteiger partial charge < -0.3 is 43.2 Å². The molecule has 1 N–H and O–H groups in total. The van der Waals surface area contributed by atoms with Crippen LogP contribution in [0.1, 0.15) is 104 Å². The molecule has 2 heterocycles. The quantitative estimate of drug-likeness (QED) is 0.0277. The standard InChI is InChI=1S/C53H65F6NO11S2/c1-6-7-8-9-10-11-12-17-60-48(61)38-15-13-37(14-16-38)44-33-42(35(2)72-44)46-47(52(56,57)53(58,59)51(46,54)55)43-34-45(73-36(43)3)39-30-40(49(62)70-28-26-68-24-22-66-20-18-64-4)32-41(31-39)50(63)71-29-27-69-25-23-67-21-19-65-5/h13-16,30-34H,6-12,17-29H2,1-5H3,(H,60,61). The lowest BCUT2D eigenvalue weighted by Gasteiger charge is -2.25. The summed E-state index contributed by atoms with van der Waals surface area (Å²) >= 11 is 1.77. The second-order valence-electron chi connectivity index (χ2n) is 17.1. The molecule has 2 aromatic carbocycles. The number of allylic oxidation sites excluding steroid dienone is 2. The second kappa shape index (κ2) is 28.9. The summed E-state index contributed by atoms with van der Waals surface area (Å²) in [5.74, 6) is -18.6. The van der Waals surface area contributed by atoms with E-state index < -0.39 is 52.0 Å². The van der Waals surface area contributed by atoms with E-state index in [2.05, 4.69) is 12.2 Å². The van der Waals surface area contributed by atoms with Crippen LogP contribution in [0.5, 0.6) is 0 Å². The van der Waals surface area contributed by atoms with Gasteiger partial charge in [0.2, 0.25) is 0 Å². The fourth-order valence-corrected chi connectivity index (χ4v) is 9.88. The normalized spacial score (nSPS) is 14.7. The molecule has 1 amide bonds. The Morgan fingerprint density at radius 3 is 1.37 bits per heavy atom. The minimum Gasteiger partial charge on any atom is -0.460 e. The highest BCUT2D eigenvalue weighted by atomic mass is 32.1. The molecule has 0 saturated carbocycles. The lowest BCUT2D eigenvalue weighted by molar-refractivity contribution is -0.254. The van der Waals surface area contributed by atoms with Crippen molar-refractivity contribution in [3.05, 3.63) is 92.2 Å². The van der Waals surface area contributed by atoms with E-state index in [1.165, 1.54) is 51.0 Å². The third-order valence-electron chi connectivity index (χ3n) is 11.8. The highest BCUT2D eigenvalue weighted by molar-refractivity contribution is 7.16. The number of carbonyl (C=O) groups is 3. The van der Waals surface area contributed by atoms with Crippen molar-refractivity contribution in [2.75, 3.05) is 100 Å². The first-order chi connectivity index (χ1) is 35.0. The summed E-state index contributed by atoms with van der Waals surface area (Å²) in [7, 11) is 3.08. The summed E-state index contributed by atoms with van der Waals surface area (Å²) in [6, 6.07) is 12.3. The number of hydrogen-bond acceptors (Lipinski definition) is 13. The number of ether oxygens (including phenoxy) is 8. The average molecular weight is 1070 g/mol. The Hall–Kier alpha value is -4.67. The average Bonchev–Trinajstić information content (AvgIpc) is 3.98. The van der Waals surface area contributed by atoms with Crippen LogP contribution in [0.25, 0.3) is 32.0 Å². The van der Waals surface area contributed by atoms with Gasteiger partial charge in [0, 0.05) is 57.0 Å². The number of halogens is 6. The van der Waals surface area contributed by atoms with Crippen molar-refractivity contribution in [3.8, 4) is 20.9 Å². The number of aryl methyl sites for hydroxylation is 2. The van der Waals surface area contributed by atoms with Gasteiger partial charge in [-0.05, 0) is 85.0 Å². The SMILES string of the molecule is CCCCCCCCCNC(=O)c1ccc(-c2cc(C3=C(c4cc(-c5cc(C(=O)OCCOCCOCCOC)cc(C(=O)OCCOCCOCCOC)c5)sc4C)C(F)(F)C(F)(F)C3(F)F)c(C)s2)cc1. The van der Waals surface area contributed by atoms with Gasteiger partial charge in [-0.1, -0.05) is 57.6 Å². The third kappa shape index (κ3) is 15.7. The molecular weight excluding hydrogens is 1000 g/mol. The van der Waals surface area contributed by atoms with Crippen molar-refractivity contribution in [3.63, 3.8) is 0 Å². The molecule has 1 aliphatic carbocycles. The van der Waals surface area contributed by atoms with Crippen molar-refractivity contribution < 1.29 is 78.6 Å². The van der Waals surface area contributed by atoms with Crippen LogP contribution in [0, 0.1) is 13.8 Å². The number of methoxy groups -OCH3 is 2. The highest BCUT2D eigenvalue weighted by Crippen LogP contribution is 2.66. The molecule has 73 heavy (non-hydrogen) atoms. The first-order valence-corrected chi connectivity index (χ1v) is 25.9. The lowest BCUT2D eigenvalue weighted by atomic mass is 9.94. The fraction of sp³-hybridized carbons (Fsp3) is 0.528. The van der Waals surface area contributed by atoms with Crippen LogP contribution >= 0.6 is 22.7 Å². The number of carbonyl (C=O) groups excluding carboxylic acids is 3. The van der Waals surface area contributed by atoms with Gasteiger partial charge in [0.1, 0.15) is 13.2 Å². The van der Waals surface area contributed by atoms with E-state index in [4.69, 9.17) is 37.9 Å². The molecule has 20 heteroatoms. The van der Waals surface area contributed by atoms with Gasteiger partial charge in [0.05, 0.1) is 77.2 Å². The number of alkyl halides is 6. The van der Waals surface area contributed by atoms with Crippen molar-refractivity contribution in [1.29, 1.82) is 0 Å². The molecule has 0 atom stereocenters. The number of unbranched alkanes of at least 4 members (excludes halogenated alkanes) is 6. The number of thiophene rings is 2. The van der Waals surface area contributed by atoms with Gasteiger partial charge in [-0.15, -0.1) is 22.7 Å². The van der Waals surface area contributed by atoms with Gasteiger partial charge in [-0.25, -0.2) is 9.59 Å². The molecule has 5 rings (SSSR count). The molecule has 0 aliphatic heterocycles. The molecule has 0 fully saturated rings. The number of rotatable bonds is 33. The number of hydrogen-bond donors (Lipinski definition) is 1. The Morgan fingerprint density at radius 2 is 0.918 bits per heavy atom. The van der Waals surface area contributed by atoms with Crippen molar-refractivity contribution in [2.24, 2.45) is 0 Å². The first kappa shape index (κ1) is 59.2. The van der Waals surface area contributed by atoms with Gasteiger partial charge in [0.15, 0.2) is 0 Å². The molecule has 4 aromatic rings. The zero-order valence-electron chi connectivity index (χ0n) is 41.9. The highest BCUT2D eigenvalue weighted by Gasteiger charge is 2.80. The summed E-state index contributed by atoms with van der Waals surface area (Å²) < 4.78 is 138. The van der Waals surface area contributed by atoms with Crippen LogP contribution in [-0.4, -0.2) is 136 Å². The van der Waals surface area contributed by atoms with E-state index in [1.54, 1.807) is 38.5 Å². The van der Waals surface area contributed by atoms with E-state index in [9.17, 15) is 14.4 Å². The summed E-state index contributed by atoms with van der Waals surface area (Å²) in [6.45, 7) is 7.46. The van der Waals surface area contributed by atoms with Gasteiger partial charge >= 0.3 is 29.7 Å². The number of amides is 1. The summed E-state index contributed by atoms with van der Waals surface area (Å²) in [4.78, 5) is 40.2. The molecule has 402 valence electrons. The van der Waals surface area contributed by atoms with Crippen molar-refractivity contribution in [1.82, 2.24) is 5.32 Å². The molecular formula is C53H65F6NO11S2. The van der Waals surface area contributed by atoms with Crippen LogP contribution < -0.4 is 5.32 Å². The Labute approximate surface area is 430 Å². The molecule has 0 spiro atoms. The largest absolute Gasteiger partial charge is 0.460 e. The Kier molecular flexibility index (Phi) is 23.4. The van der Waals surface area contributed by atoms with Crippen LogP contribution in [0.2, 0.25) is 0 Å². The molecule has 12 nitrogen and oxygen atoms in total. The van der Waals surface area contributed by atoms with E-state index in [0.29, 0.717) is 49.0 Å². The van der Waals surface area contributed by atoms with Gasteiger partial charge in [-0.3, -0.25) is 4.79 Å². The smallest absolute Gasteiger partial charge is 0.380 e. The maximum Gasteiger partial charge on any atom is 0.380 e. The Morgan fingerprint density at radius 1 is 0.507 bits per heavy atom. The molecule has 0 radical (unpaired) electrons. The third-order valence-corrected chi connectivity index (χ3v) is 14.0. The van der Waals surface area contributed by atoms with Gasteiger partial charge in [0.25, 0.3) is 5.91 Å².